The van der Waals surface area contributed by atoms with Crippen molar-refractivity contribution in [1.82, 2.24) is 14.9 Å². The number of carbonyl (C=O) groups is 1. The number of hydrogen-bond acceptors (Lipinski definition) is 6. The fourth-order valence-corrected chi connectivity index (χ4v) is 4.03. The third-order valence-corrected chi connectivity index (χ3v) is 5.75. The van der Waals surface area contributed by atoms with Gasteiger partial charge in [-0.2, -0.15) is 0 Å². The summed E-state index contributed by atoms with van der Waals surface area (Å²) in [5.74, 6) is 1.27. The molecule has 0 radical (unpaired) electrons. The zero-order valence-electron chi connectivity index (χ0n) is 17.2. The van der Waals surface area contributed by atoms with Crippen molar-refractivity contribution < 1.29 is 14.3 Å². The molecule has 0 saturated heterocycles. The van der Waals surface area contributed by atoms with Crippen LogP contribution in [0.4, 0.5) is 0 Å². The number of carbonyl (C=O) groups excluding carboxylic acids is 1. The van der Waals surface area contributed by atoms with Crippen LogP contribution in [-0.2, 0) is 11.3 Å². The minimum Gasteiger partial charge on any atom is -0.493 e. The molecule has 7 heteroatoms. The van der Waals surface area contributed by atoms with Crippen molar-refractivity contribution in [3.8, 4) is 22.8 Å². The van der Waals surface area contributed by atoms with E-state index in [-0.39, 0.29) is 5.91 Å². The highest BCUT2D eigenvalue weighted by atomic mass is 32.1. The Bertz CT molecular complexity index is 1090. The summed E-state index contributed by atoms with van der Waals surface area (Å²) >= 11 is 1.60. The van der Waals surface area contributed by atoms with Gasteiger partial charge in [0.05, 0.1) is 30.7 Å². The van der Waals surface area contributed by atoms with Gasteiger partial charge in [-0.15, -0.1) is 11.3 Å². The molecule has 3 heterocycles. The lowest BCUT2D eigenvalue weighted by atomic mass is 10.0. The first-order valence-electron chi connectivity index (χ1n) is 9.70. The van der Waals surface area contributed by atoms with E-state index in [0.717, 1.165) is 33.1 Å². The molecular weight excluding hydrogens is 398 g/mol. The summed E-state index contributed by atoms with van der Waals surface area (Å²) in [6, 6.07) is 7.89. The van der Waals surface area contributed by atoms with Crippen molar-refractivity contribution in [1.29, 1.82) is 0 Å². The number of methoxy groups -OCH3 is 1. The van der Waals surface area contributed by atoms with Gasteiger partial charge in [-0.3, -0.25) is 9.78 Å². The van der Waals surface area contributed by atoms with Crippen LogP contribution < -0.4 is 9.47 Å². The zero-order valence-corrected chi connectivity index (χ0v) is 18.0. The minimum atomic E-state index is -0.0456. The molecule has 0 N–H and O–H groups in total. The number of rotatable bonds is 4. The van der Waals surface area contributed by atoms with E-state index in [1.807, 2.05) is 49.6 Å². The molecule has 0 aliphatic carbocycles. The fourth-order valence-electron chi connectivity index (χ4n) is 3.42. The van der Waals surface area contributed by atoms with E-state index in [1.54, 1.807) is 35.6 Å². The number of benzene rings is 1. The number of amides is 1. The molecular formula is C23H23N3O3S. The zero-order chi connectivity index (χ0) is 21.1. The van der Waals surface area contributed by atoms with Crippen molar-refractivity contribution in [3.05, 3.63) is 63.7 Å². The first kappa shape index (κ1) is 20.1. The normalized spacial score (nSPS) is 13.6. The van der Waals surface area contributed by atoms with E-state index < -0.39 is 0 Å². The molecule has 4 rings (SSSR count). The fraction of sp³-hybridized carbons (Fsp3) is 0.261. The Morgan fingerprint density at radius 1 is 1.33 bits per heavy atom. The van der Waals surface area contributed by atoms with E-state index in [1.165, 1.54) is 0 Å². The second-order valence-electron chi connectivity index (χ2n) is 7.07. The number of fused-ring (bicyclic) bond motifs is 1. The van der Waals surface area contributed by atoms with E-state index in [4.69, 9.17) is 9.47 Å². The number of nitrogens with zero attached hydrogens (tertiary/aromatic N) is 3. The summed E-state index contributed by atoms with van der Waals surface area (Å²) in [5, 5.41) is 1.99. The third-order valence-electron chi connectivity index (χ3n) is 4.91. The molecule has 0 spiro atoms. The van der Waals surface area contributed by atoms with Crippen LogP contribution in [0.5, 0.6) is 11.5 Å². The van der Waals surface area contributed by atoms with Gasteiger partial charge in [0, 0.05) is 34.8 Å². The Morgan fingerprint density at radius 2 is 2.20 bits per heavy atom. The number of ether oxygens (including phenoxy) is 2. The lowest BCUT2D eigenvalue weighted by molar-refractivity contribution is -0.126. The summed E-state index contributed by atoms with van der Waals surface area (Å²) in [5.41, 5.74) is 4.27. The van der Waals surface area contributed by atoms with Gasteiger partial charge in [-0.05, 0) is 43.5 Å². The topological polar surface area (TPSA) is 64.6 Å². The molecule has 1 amide bonds. The summed E-state index contributed by atoms with van der Waals surface area (Å²) in [6.07, 6.45) is 5.22. The van der Waals surface area contributed by atoms with Crippen LogP contribution >= 0.6 is 11.3 Å². The van der Waals surface area contributed by atoms with E-state index in [0.29, 0.717) is 31.2 Å². The van der Waals surface area contributed by atoms with Crippen LogP contribution in [-0.4, -0.2) is 41.0 Å². The highest BCUT2D eigenvalue weighted by Gasteiger charge is 2.23. The molecule has 1 aliphatic heterocycles. The Balaban J connectivity index is 1.68. The highest BCUT2D eigenvalue weighted by Crippen LogP contribution is 2.38. The van der Waals surface area contributed by atoms with E-state index in [2.05, 4.69) is 9.97 Å². The van der Waals surface area contributed by atoms with Crippen LogP contribution in [0, 0.1) is 13.8 Å². The van der Waals surface area contributed by atoms with Crippen LogP contribution in [0.1, 0.15) is 21.8 Å². The monoisotopic (exact) mass is 421 g/mol. The standard InChI is InChI=1S/C23H23N3O3S/c1-15-13-24-16(2)22(25-15)17-11-18-14-26(8-9-29-23(18)20(12-17)28-3)21(27)7-6-19-5-4-10-30-19/h4-7,10-13H,8-9,14H2,1-3H3. The van der Waals surface area contributed by atoms with Crippen LogP contribution in [0.3, 0.4) is 0 Å². The van der Waals surface area contributed by atoms with Crippen molar-refractivity contribution in [2.45, 2.75) is 20.4 Å². The van der Waals surface area contributed by atoms with Crippen molar-refractivity contribution >= 4 is 23.3 Å². The average molecular weight is 422 g/mol. The predicted octanol–water partition coefficient (Wildman–Crippen LogP) is 4.26. The van der Waals surface area contributed by atoms with Crippen molar-refractivity contribution in [2.24, 2.45) is 0 Å². The third kappa shape index (κ3) is 4.21. The van der Waals surface area contributed by atoms with Crippen LogP contribution in [0.25, 0.3) is 17.3 Å². The maximum absolute atomic E-state index is 12.8. The molecule has 154 valence electrons. The Labute approximate surface area is 179 Å². The van der Waals surface area contributed by atoms with Gasteiger partial charge in [0.15, 0.2) is 11.5 Å². The largest absolute Gasteiger partial charge is 0.493 e. The first-order chi connectivity index (χ1) is 14.5. The molecule has 0 saturated carbocycles. The molecule has 2 aromatic heterocycles. The smallest absolute Gasteiger partial charge is 0.247 e. The molecule has 0 fully saturated rings. The lowest BCUT2D eigenvalue weighted by Gasteiger charge is -2.18. The summed E-state index contributed by atoms with van der Waals surface area (Å²) in [6.45, 7) is 5.20. The van der Waals surface area contributed by atoms with Crippen molar-refractivity contribution in [3.63, 3.8) is 0 Å². The second kappa shape index (κ2) is 8.67. The molecule has 6 nitrogen and oxygen atoms in total. The molecule has 30 heavy (non-hydrogen) atoms. The van der Waals surface area contributed by atoms with Gasteiger partial charge in [0.1, 0.15) is 6.61 Å². The lowest BCUT2D eigenvalue weighted by Crippen LogP contribution is -2.30. The maximum Gasteiger partial charge on any atom is 0.247 e. The Morgan fingerprint density at radius 3 is 2.97 bits per heavy atom. The van der Waals surface area contributed by atoms with Crippen molar-refractivity contribution in [2.75, 3.05) is 20.3 Å². The second-order valence-corrected chi connectivity index (χ2v) is 8.05. The summed E-state index contributed by atoms with van der Waals surface area (Å²) in [7, 11) is 1.62. The molecule has 1 aromatic carbocycles. The van der Waals surface area contributed by atoms with Gasteiger partial charge >= 0.3 is 0 Å². The number of hydrogen-bond donors (Lipinski definition) is 0. The Kier molecular flexibility index (Phi) is 5.81. The highest BCUT2D eigenvalue weighted by molar-refractivity contribution is 7.10. The average Bonchev–Trinajstić information content (AvgIpc) is 3.17. The SMILES string of the molecule is COc1cc(-c2nc(C)cnc2C)cc2c1OCCN(C(=O)C=Cc1cccs1)C2. The first-order valence-corrected chi connectivity index (χ1v) is 10.6. The number of aromatic nitrogens is 2. The van der Waals surface area contributed by atoms with E-state index in [9.17, 15) is 4.79 Å². The minimum absolute atomic E-state index is 0.0456. The molecule has 1 aliphatic rings. The van der Waals surface area contributed by atoms with E-state index >= 15 is 0 Å². The predicted molar refractivity (Wildman–Crippen MR) is 118 cm³/mol. The number of thiophene rings is 1. The maximum atomic E-state index is 12.8. The molecule has 0 atom stereocenters. The van der Waals surface area contributed by atoms with Gasteiger partial charge < -0.3 is 14.4 Å². The summed E-state index contributed by atoms with van der Waals surface area (Å²) in [4.78, 5) is 24.7. The quantitative estimate of drug-likeness (QED) is 0.589. The van der Waals surface area contributed by atoms with Crippen LogP contribution in [0.2, 0.25) is 0 Å². The molecule has 0 bridgehead atoms. The van der Waals surface area contributed by atoms with Gasteiger partial charge in [-0.25, -0.2) is 4.98 Å². The molecule has 3 aromatic rings. The number of aryl methyl sites for hydroxylation is 2. The summed E-state index contributed by atoms with van der Waals surface area (Å²) < 4.78 is 11.6. The Hall–Kier alpha value is -3.19. The van der Waals surface area contributed by atoms with Gasteiger partial charge in [-0.1, -0.05) is 6.07 Å². The molecule has 0 unspecified atom stereocenters. The van der Waals surface area contributed by atoms with Gasteiger partial charge in [0.25, 0.3) is 0 Å². The van der Waals surface area contributed by atoms with Gasteiger partial charge in [0.2, 0.25) is 5.91 Å². The van der Waals surface area contributed by atoms with Crippen LogP contribution in [0.15, 0.2) is 41.9 Å².